The van der Waals surface area contributed by atoms with E-state index in [0.717, 1.165) is 18.0 Å². The van der Waals surface area contributed by atoms with Gasteiger partial charge in [0.2, 0.25) is 0 Å². The van der Waals surface area contributed by atoms with Crippen LogP contribution < -0.4 is 10.5 Å². The summed E-state index contributed by atoms with van der Waals surface area (Å²) in [5, 5.41) is 4.41. The van der Waals surface area contributed by atoms with E-state index < -0.39 is 0 Å². The number of aromatic nitrogens is 2. The molecule has 5 heteroatoms. The molecule has 0 saturated heterocycles. The first kappa shape index (κ1) is 15.5. The molecule has 1 aromatic heterocycles. The predicted molar refractivity (Wildman–Crippen MR) is 84.2 cm³/mol. The smallest absolute Gasteiger partial charge is 0.118 e. The number of nitrogens with zero attached hydrogens (tertiary/aromatic N) is 3. The molecule has 1 unspecified atom stereocenters. The van der Waals surface area contributed by atoms with E-state index in [1.54, 1.807) is 7.11 Å². The lowest BCUT2D eigenvalue weighted by atomic mass is 10.1. The van der Waals surface area contributed by atoms with Gasteiger partial charge >= 0.3 is 0 Å². The summed E-state index contributed by atoms with van der Waals surface area (Å²) in [6, 6.07) is 8.30. The van der Waals surface area contributed by atoms with Gasteiger partial charge in [-0.15, -0.1) is 0 Å². The summed E-state index contributed by atoms with van der Waals surface area (Å²) in [6.07, 6.45) is 2.05. The Morgan fingerprint density at radius 3 is 2.48 bits per heavy atom. The average Bonchev–Trinajstić information content (AvgIpc) is 2.79. The SMILES string of the molecule is COc1ccc(CN(C)C(CN)c2cn(C)nc2C)cc1. The number of hydrogen-bond acceptors (Lipinski definition) is 4. The molecule has 1 aromatic carbocycles. The van der Waals surface area contributed by atoms with Gasteiger partial charge in [-0.1, -0.05) is 12.1 Å². The highest BCUT2D eigenvalue weighted by Crippen LogP contribution is 2.23. The molecule has 21 heavy (non-hydrogen) atoms. The normalized spacial score (nSPS) is 12.7. The highest BCUT2D eigenvalue weighted by molar-refractivity contribution is 5.27. The van der Waals surface area contributed by atoms with Gasteiger partial charge in [-0.3, -0.25) is 9.58 Å². The van der Waals surface area contributed by atoms with Gasteiger partial charge < -0.3 is 10.5 Å². The molecule has 0 saturated carbocycles. The largest absolute Gasteiger partial charge is 0.497 e. The van der Waals surface area contributed by atoms with Crippen LogP contribution in [0.2, 0.25) is 0 Å². The molecule has 2 aromatic rings. The number of likely N-dealkylation sites (N-methyl/N-ethyl adjacent to an activating group) is 1. The number of aryl methyl sites for hydroxylation is 2. The summed E-state index contributed by atoms with van der Waals surface area (Å²) in [5.74, 6) is 0.875. The highest BCUT2D eigenvalue weighted by Gasteiger charge is 2.19. The lowest BCUT2D eigenvalue weighted by Crippen LogP contribution is -2.30. The van der Waals surface area contributed by atoms with Gasteiger partial charge in [-0.25, -0.2) is 0 Å². The topological polar surface area (TPSA) is 56.3 Å². The second kappa shape index (κ2) is 6.74. The van der Waals surface area contributed by atoms with E-state index in [2.05, 4.69) is 35.4 Å². The minimum absolute atomic E-state index is 0.167. The maximum atomic E-state index is 5.98. The average molecular weight is 288 g/mol. The summed E-state index contributed by atoms with van der Waals surface area (Å²) in [4.78, 5) is 2.26. The molecule has 0 spiro atoms. The molecule has 114 valence electrons. The first-order valence-electron chi connectivity index (χ1n) is 7.08. The van der Waals surface area contributed by atoms with Gasteiger partial charge in [-0.05, 0) is 31.7 Å². The Balaban J connectivity index is 2.12. The van der Waals surface area contributed by atoms with Crippen molar-refractivity contribution in [3.63, 3.8) is 0 Å². The van der Waals surface area contributed by atoms with E-state index in [-0.39, 0.29) is 6.04 Å². The van der Waals surface area contributed by atoms with Crippen LogP contribution in [0.5, 0.6) is 5.75 Å². The Hall–Kier alpha value is -1.85. The van der Waals surface area contributed by atoms with E-state index in [1.807, 2.05) is 30.8 Å². The first-order valence-corrected chi connectivity index (χ1v) is 7.08. The third-order valence-corrected chi connectivity index (χ3v) is 3.76. The monoisotopic (exact) mass is 288 g/mol. The van der Waals surface area contributed by atoms with Gasteiger partial charge in [-0.2, -0.15) is 5.10 Å². The molecule has 0 aliphatic heterocycles. The van der Waals surface area contributed by atoms with Crippen LogP contribution in [-0.2, 0) is 13.6 Å². The first-order chi connectivity index (χ1) is 10.0. The van der Waals surface area contributed by atoms with Gasteiger partial charge in [0, 0.05) is 31.9 Å². The van der Waals surface area contributed by atoms with Crippen molar-refractivity contribution in [2.75, 3.05) is 20.7 Å². The van der Waals surface area contributed by atoms with Crippen molar-refractivity contribution in [3.8, 4) is 5.75 Å². The standard InChI is InChI=1S/C16H24N4O/c1-12-15(11-20(3)18-12)16(9-17)19(2)10-13-5-7-14(21-4)8-6-13/h5-8,11,16H,9-10,17H2,1-4H3. The zero-order chi connectivity index (χ0) is 15.4. The van der Waals surface area contributed by atoms with Gasteiger partial charge in [0.1, 0.15) is 5.75 Å². The van der Waals surface area contributed by atoms with Crippen LogP contribution in [0.1, 0.15) is 22.9 Å². The maximum absolute atomic E-state index is 5.98. The molecule has 0 fully saturated rings. The lowest BCUT2D eigenvalue weighted by Gasteiger charge is -2.27. The van der Waals surface area contributed by atoms with Crippen LogP contribution in [0.15, 0.2) is 30.5 Å². The summed E-state index contributed by atoms with van der Waals surface area (Å²) in [7, 11) is 5.71. The van der Waals surface area contributed by atoms with Crippen LogP contribution in [0.4, 0.5) is 0 Å². The van der Waals surface area contributed by atoms with Gasteiger partial charge in [0.15, 0.2) is 0 Å². The fourth-order valence-corrected chi connectivity index (χ4v) is 2.62. The Bertz CT molecular complexity index is 576. The van der Waals surface area contributed by atoms with Crippen molar-refractivity contribution in [2.24, 2.45) is 12.8 Å². The van der Waals surface area contributed by atoms with Crippen molar-refractivity contribution in [3.05, 3.63) is 47.3 Å². The molecule has 1 heterocycles. The number of ether oxygens (including phenoxy) is 1. The lowest BCUT2D eigenvalue weighted by molar-refractivity contribution is 0.241. The molecule has 0 aliphatic carbocycles. The Morgan fingerprint density at radius 2 is 2.00 bits per heavy atom. The molecule has 0 bridgehead atoms. The quantitative estimate of drug-likeness (QED) is 0.881. The molecule has 2 rings (SSSR count). The van der Waals surface area contributed by atoms with Crippen molar-refractivity contribution >= 4 is 0 Å². The molecule has 0 amide bonds. The molecule has 2 N–H and O–H groups in total. The van der Waals surface area contributed by atoms with E-state index in [9.17, 15) is 0 Å². The fourth-order valence-electron chi connectivity index (χ4n) is 2.62. The third-order valence-electron chi connectivity index (χ3n) is 3.76. The number of nitrogens with two attached hydrogens (primary N) is 1. The summed E-state index contributed by atoms with van der Waals surface area (Å²) in [6.45, 7) is 3.43. The van der Waals surface area contributed by atoms with Gasteiger partial charge in [0.25, 0.3) is 0 Å². The Labute approximate surface area is 126 Å². The molecule has 0 radical (unpaired) electrons. The van der Waals surface area contributed by atoms with Crippen LogP contribution >= 0.6 is 0 Å². The zero-order valence-electron chi connectivity index (χ0n) is 13.2. The minimum Gasteiger partial charge on any atom is -0.497 e. The minimum atomic E-state index is 0.167. The van der Waals surface area contributed by atoms with Crippen LogP contribution in [0, 0.1) is 6.92 Å². The Morgan fingerprint density at radius 1 is 1.33 bits per heavy atom. The predicted octanol–water partition coefficient (Wildman–Crippen LogP) is 1.87. The molecule has 0 aliphatic rings. The summed E-state index contributed by atoms with van der Waals surface area (Å²) in [5.41, 5.74) is 9.45. The maximum Gasteiger partial charge on any atom is 0.118 e. The molecular weight excluding hydrogens is 264 g/mol. The van der Waals surface area contributed by atoms with Crippen molar-refractivity contribution in [2.45, 2.75) is 19.5 Å². The zero-order valence-corrected chi connectivity index (χ0v) is 13.2. The third kappa shape index (κ3) is 3.62. The van der Waals surface area contributed by atoms with Crippen LogP contribution in [-0.4, -0.2) is 35.4 Å². The van der Waals surface area contributed by atoms with E-state index in [0.29, 0.717) is 6.54 Å². The Kier molecular flexibility index (Phi) is 4.98. The molecule has 1 atom stereocenters. The number of rotatable bonds is 6. The van der Waals surface area contributed by atoms with Crippen LogP contribution in [0.25, 0.3) is 0 Å². The molecular formula is C16H24N4O. The highest BCUT2D eigenvalue weighted by atomic mass is 16.5. The second-order valence-corrected chi connectivity index (χ2v) is 5.36. The number of benzene rings is 1. The van der Waals surface area contributed by atoms with E-state index in [4.69, 9.17) is 10.5 Å². The molecule has 5 nitrogen and oxygen atoms in total. The van der Waals surface area contributed by atoms with Gasteiger partial charge in [0.05, 0.1) is 18.8 Å². The number of methoxy groups -OCH3 is 1. The van der Waals surface area contributed by atoms with Crippen LogP contribution in [0.3, 0.4) is 0 Å². The van der Waals surface area contributed by atoms with E-state index >= 15 is 0 Å². The summed E-state index contributed by atoms with van der Waals surface area (Å²) >= 11 is 0. The van der Waals surface area contributed by atoms with Crippen molar-refractivity contribution < 1.29 is 4.74 Å². The second-order valence-electron chi connectivity index (χ2n) is 5.36. The van der Waals surface area contributed by atoms with E-state index in [1.165, 1.54) is 11.1 Å². The van der Waals surface area contributed by atoms with Crippen molar-refractivity contribution in [1.29, 1.82) is 0 Å². The summed E-state index contributed by atoms with van der Waals surface area (Å²) < 4.78 is 7.03. The number of hydrogen-bond donors (Lipinski definition) is 1. The van der Waals surface area contributed by atoms with Crippen molar-refractivity contribution in [1.82, 2.24) is 14.7 Å². The fraction of sp³-hybridized carbons (Fsp3) is 0.438.